The van der Waals surface area contributed by atoms with Gasteiger partial charge in [0.15, 0.2) is 0 Å². The quantitative estimate of drug-likeness (QED) is 0.314. The summed E-state index contributed by atoms with van der Waals surface area (Å²) in [5, 5.41) is 13.7. The van der Waals surface area contributed by atoms with Crippen LogP contribution in [0.5, 0.6) is 17.2 Å². The van der Waals surface area contributed by atoms with Crippen molar-refractivity contribution in [1.29, 1.82) is 0 Å². The summed E-state index contributed by atoms with van der Waals surface area (Å²) in [5.41, 5.74) is 4.44. The van der Waals surface area contributed by atoms with Gasteiger partial charge in [-0.3, -0.25) is 9.78 Å². The molecule has 0 spiro atoms. The zero-order chi connectivity index (χ0) is 24.1. The molecule has 2 N–H and O–H groups in total. The molecule has 0 atom stereocenters. The molecule has 3 aromatic carbocycles. The van der Waals surface area contributed by atoms with Crippen LogP contribution >= 0.6 is 0 Å². The first-order valence-electron chi connectivity index (χ1n) is 11.4. The average Bonchev–Trinajstić information content (AvgIpc) is 2.83. The summed E-state index contributed by atoms with van der Waals surface area (Å²) >= 11 is 0. The number of hydrogen-bond acceptors (Lipinski definition) is 4. The number of aromatic nitrogens is 1. The molecular formula is C29H28N2O3. The molecule has 1 heterocycles. The second kappa shape index (κ2) is 10.2. The summed E-state index contributed by atoms with van der Waals surface area (Å²) in [5.74, 6) is 1.41. The van der Waals surface area contributed by atoms with Crippen molar-refractivity contribution in [2.45, 2.75) is 33.2 Å². The van der Waals surface area contributed by atoms with Gasteiger partial charge < -0.3 is 15.2 Å². The number of ether oxygens (including phenoxy) is 1. The van der Waals surface area contributed by atoms with Gasteiger partial charge in [-0.1, -0.05) is 49.4 Å². The number of pyridine rings is 1. The Labute approximate surface area is 199 Å². The van der Waals surface area contributed by atoms with Gasteiger partial charge in [-0.15, -0.1) is 0 Å². The summed E-state index contributed by atoms with van der Waals surface area (Å²) in [7, 11) is 0. The van der Waals surface area contributed by atoms with Gasteiger partial charge in [0.1, 0.15) is 17.2 Å². The van der Waals surface area contributed by atoms with Gasteiger partial charge in [0, 0.05) is 29.1 Å². The number of carbonyl (C=O) groups is 1. The Morgan fingerprint density at radius 1 is 1.06 bits per heavy atom. The zero-order valence-corrected chi connectivity index (χ0v) is 19.6. The van der Waals surface area contributed by atoms with Gasteiger partial charge in [0.05, 0.1) is 11.2 Å². The molecular weight excluding hydrogens is 424 g/mol. The van der Waals surface area contributed by atoms with Crippen LogP contribution in [0.2, 0.25) is 0 Å². The van der Waals surface area contributed by atoms with Crippen molar-refractivity contribution in [2.75, 3.05) is 0 Å². The lowest BCUT2D eigenvalue weighted by molar-refractivity contribution is -0.116. The van der Waals surface area contributed by atoms with E-state index in [4.69, 9.17) is 9.72 Å². The normalized spacial score (nSPS) is 11.3. The second-order valence-electron chi connectivity index (χ2n) is 8.35. The highest BCUT2D eigenvalue weighted by Gasteiger charge is 2.18. The molecule has 0 aliphatic heterocycles. The van der Waals surface area contributed by atoms with E-state index in [1.54, 1.807) is 18.2 Å². The van der Waals surface area contributed by atoms with Crippen LogP contribution in [0, 0.1) is 0 Å². The first kappa shape index (κ1) is 23.1. The lowest BCUT2D eigenvalue weighted by Gasteiger charge is -2.18. The Kier molecular flexibility index (Phi) is 6.93. The minimum Gasteiger partial charge on any atom is -0.508 e. The Morgan fingerprint density at radius 2 is 1.79 bits per heavy atom. The first-order chi connectivity index (χ1) is 16.4. The van der Waals surface area contributed by atoms with Crippen molar-refractivity contribution < 1.29 is 14.6 Å². The van der Waals surface area contributed by atoms with Crippen LogP contribution in [0.3, 0.4) is 0 Å². The van der Waals surface area contributed by atoms with E-state index in [9.17, 15) is 9.90 Å². The zero-order valence-electron chi connectivity index (χ0n) is 19.6. The van der Waals surface area contributed by atoms with Crippen LogP contribution in [0.4, 0.5) is 0 Å². The molecule has 0 saturated heterocycles. The van der Waals surface area contributed by atoms with Crippen LogP contribution in [-0.4, -0.2) is 22.0 Å². The van der Waals surface area contributed by atoms with Crippen molar-refractivity contribution in [1.82, 2.24) is 10.3 Å². The molecule has 5 heteroatoms. The summed E-state index contributed by atoms with van der Waals surface area (Å²) in [6, 6.07) is 22.9. The van der Waals surface area contributed by atoms with Crippen LogP contribution in [0.1, 0.15) is 32.0 Å². The number of nitrogens with one attached hydrogen (secondary N) is 1. The maximum Gasteiger partial charge on any atom is 0.244 e. The number of phenolic OH excluding ortho intramolecular Hbond substituents is 1. The number of fused-ring (bicyclic) bond motifs is 1. The third kappa shape index (κ3) is 5.26. The number of benzene rings is 3. The number of carbonyl (C=O) groups excluding carboxylic acids is 1. The Hall–Kier alpha value is -4.12. The molecule has 172 valence electrons. The molecule has 1 amide bonds. The fourth-order valence-electron chi connectivity index (χ4n) is 3.81. The number of amides is 1. The highest BCUT2D eigenvalue weighted by Crippen LogP contribution is 2.41. The SMILES string of the molecule is CCc1nc2cc(O)ccc2c(Oc2ccc(/C=C/C(=O)NC(C)C)cc2)c1-c1ccccc1. The molecule has 0 aliphatic carbocycles. The molecule has 34 heavy (non-hydrogen) atoms. The standard InChI is InChI=1S/C29H28N2O3/c1-4-25-28(21-8-6-5-7-9-21)29(24-16-13-22(32)18-26(24)31-25)34-23-14-10-20(11-15-23)12-17-27(33)30-19(2)3/h5-19,32H,4H2,1-3H3,(H,30,33)/b17-12+. The molecule has 5 nitrogen and oxygen atoms in total. The molecule has 0 unspecified atom stereocenters. The fraction of sp³-hybridized carbons (Fsp3) is 0.172. The maximum absolute atomic E-state index is 11.9. The van der Waals surface area contributed by atoms with E-state index in [-0.39, 0.29) is 17.7 Å². The van der Waals surface area contributed by atoms with E-state index in [2.05, 4.69) is 12.2 Å². The Morgan fingerprint density at radius 3 is 2.47 bits per heavy atom. The predicted molar refractivity (Wildman–Crippen MR) is 137 cm³/mol. The van der Waals surface area contributed by atoms with Crippen molar-refractivity contribution in [3.8, 4) is 28.4 Å². The third-order valence-electron chi connectivity index (χ3n) is 5.35. The molecule has 0 radical (unpaired) electrons. The van der Waals surface area contributed by atoms with E-state index >= 15 is 0 Å². The molecule has 0 aliphatic rings. The number of nitrogens with zero attached hydrogens (tertiary/aromatic N) is 1. The average molecular weight is 453 g/mol. The van der Waals surface area contributed by atoms with Crippen LogP contribution in [0.15, 0.2) is 78.9 Å². The minimum absolute atomic E-state index is 0.0943. The lowest BCUT2D eigenvalue weighted by Crippen LogP contribution is -2.28. The van der Waals surface area contributed by atoms with Crippen molar-refractivity contribution >= 4 is 22.9 Å². The number of hydrogen-bond donors (Lipinski definition) is 2. The second-order valence-corrected chi connectivity index (χ2v) is 8.35. The molecule has 4 rings (SSSR count). The maximum atomic E-state index is 11.9. The predicted octanol–water partition coefficient (Wildman–Crippen LogP) is 6.50. The summed E-state index contributed by atoms with van der Waals surface area (Å²) < 4.78 is 6.47. The van der Waals surface area contributed by atoms with Gasteiger partial charge in [-0.2, -0.15) is 0 Å². The molecule has 4 aromatic rings. The van der Waals surface area contributed by atoms with E-state index in [1.165, 1.54) is 6.08 Å². The largest absolute Gasteiger partial charge is 0.508 e. The van der Waals surface area contributed by atoms with Gasteiger partial charge in [0.25, 0.3) is 0 Å². The fourth-order valence-corrected chi connectivity index (χ4v) is 3.81. The first-order valence-corrected chi connectivity index (χ1v) is 11.4. The van der Waals surface area contributed by atoms with Gasteiger partial charge >= 0.3 is 0 Å². The van der Waals surface area contributed by atoms with E-state index in [1.807, 2.05) is 74.5 Å². The summed E-state index contributed by atoms with van der Waals surface area (Å²) in [4.78, 5) is 16.7. The Bertz CT molecular complexity index is 1330. The third-order valence-corrected chi connectivity index (χ3v) is 5.35. The monoisotopic (exact) mass is 452 g/mol. The molecule has 1 aromatic heterocycles. The van der Waals surface area contributed by atoms with E-state index < -0.39 is 0 Å². The van der Waals surface area contributed by atoms with Crippen molar-refractivity contribution in [3.63, 3.8) is 0 Å². The van der Waals surface area contributed by atoms with Gasteiger partial charge in [-0.05, 0) is 61.7 Å². The number of aromatic hydroxyl groups is 1. The summed E-state index contributed by atoms with van der Waals surface area (Å²) in [6.07, 6.45) is 4.02. The molecule has 0 fully saturated rings. The smallest absolute Gasteiger partial charge is 0.244 e. The minimum atomic E-state index is -0.124. The van der Waals surface area contributed by atoms with Crippen molar-refractivity contribution in [2.24, 2.45) is 0 Å². The van der Waals surface area contributed by atoms with Crippen LogP contribution < -0.4 is 10.1 Å². The van der Waals surface area contributed by atoms with Gasteiger partial charge in [0.2, 0.25) is 5.91 Å². The molecule has 0 saturated carbocycles. The number of phenols is 1. The topological polar surface area (TPSA) is 71.5 Å². The number of aryl methyl sites for hydroxylation is 1. The summed E-state index contributed by atoms with van der Waals surface area (Å²) in [6.45, 7) is 5.91. The van der Waals surface area contributed by atoms with Crippen molar-refractivity contribution in [3.05, 3.63) is 90.1 Å². The van der Waals surface area contributed by atoms with E-state index in [0.717, 1.165) is 27.8 Å². The van der Waals surface area contributed by atoms with Gasteiger partial charge in [-0.25, -0.2) is 0 Å². The molecule has 0 bridgehead atoms. The highest BCUT2D eigenvalue weighted by molar-refractivity contribution is 5.94. The van der Waals surface area contributed by atoms with E-state index in [0.29, 0.717) is 23.4 Å². The van der Waals surface area contributed by atoms with Crippen LogP contribution in [0.25, 0.3) is 28.1 Å². The Balaban J connectivity index is 1.74. The lowest BCUT2D eigenvalue weighted by atomic mass is 9.98. The van der Waals surface area contributed by atoms with Crippen LogP contribution in [-0.2, 0) is 11.2 Å². The highest BCUT2D eigenvalue weighted by atomic mass is 16.5. The number of rotatable bonds is 7.